The molecule has 0 aromatic heterocycles. The summed E-state index contributed by atoms with van der Waals surface area (Å²) in [6.07, 6.45) is 11.2. The molecule has 108 valence electrons. The average molecular weight is 275 g/mol. The molecule has 0 bridgehead atoms. The van der Waals surface area contributed by atoms with Crippen molar-refractivity contribution in [3.63, 3.8) is 0 Å². The molecule has 0 aromatic carbocycles. The maximum Gasteiger partial charge on any atom is 0.147 e. The molecule has 0 radical (unpaired) electrons. The molecule has 1 saturated carbocycles. The molecular formula is C14H29NO2S. The summed E-state index contributed by atoms with van der Waals surface area (Å²) in [5, 5.41) is 3.57. The van der Waals surface area contributed by atoms with E-state index in [4.69, 9.17) is 0 Å². The second-order valence-corrected chi connectivity index (χ2v) is 7.95. The highest BCUT2D eigenvalue weighted by molar-refractivity contribution is 7.90. The molecule has 1 atom stereocenters. The van der Waals surface area contributed by atoms with Gasteiger partial charge in [-0.15, -0.1) is 0 Å². The summed E-state index contributed by atoms with van der Waals surface area (Å²) in [5.74, 6) is 1.09. The van der Waals surface area contributed by atoms with E-state index in [9.17, 15) is 8.42 Å². The molecule has 1 aliphatic carbocycles. The zero-order valence-corrected chi connectivity index (χ0v) is 12.8. The van der Waals surface area contributed by atoms with Gasteiger partial charge in [0, 0.05) is 18.1 Å². The second-order valence-electron chi connectivity index (χ2n) is 5.69. The maximum atomic E-state index is 11.2. The Morgan fingerprint density at radius 1 is 1.17 bits per heavy atom. The van der Waals surface area contributed by atoms with Gasteiger partial charge in [0.1, 0.15) is 9.84 Å². The summed E-state index contributed by atoms with van der Waals surface area (Å²) in [5.41, 5.74) is 0. The normalized spacial score (nSPS) is 20.6. The molecule has 0 amide bonds. The van der Waals surface area contributed by atoms with Crippen molar-refractivity contribution in [3.8, 4) is 0 Å². The van der Waals surface area contributed by atoms with Crippen molar-refractivity contribution in [2.24, 2.45) is 5.92 Å². The van der Waals surface area contributed by atoms with Crippen molar-refractivity contribution in [1.29, 1.82) is 0 Å². The van der Waals surface area contributed by atoms with Gasteiger partial charge in [0.2, 0.25) is 0 Å². The first-order valence-electron chi connectivity index (χ1n) is 7.44. The Hall–Kier alpha value is -0.0900. The molecule has 1 rings (SSSR count). The molecule has 0 saturated heterocycles. The summed E-state index contributed by atoms with van der Waals surface area (Å²) >= 11 is 0. The van der Waals surface area contributed by atoms with Crippen LogP contribution in [0.3, 0.4) is 0 Å². The quantitative estimate of drug-likeness (QED) is 0.727. The van der Waals surface area contributed by atoms with Crippen molar-refractivity contribution in [2.45, 2.75) is 64.3 Å². The van der Waals surface area contributed by atoms with E-state index in [0.717, 1.165) is 25.3 Å². The SMILES string of the molecule is CCNC(CCCS(C)(=O)=O)C1CCCCCC1. The van der Waals surface area contributed by atoms with E-state index in [1.807, 2.05) is 0 Å². The average Bonchev–Trinajstić information content (AvgIpc) is 2.54. The van der Waals surface area contributed by atoms with Crippen LogP contribution in [-0.4, -0.2) is 33.0 Å². The molecule has 0 spiro atoms. The Bertz CT molecular complexity index is 306. The first-order chi connectivity index (χ1) is 8.53. The second kappa shape index (κ2) is 8.16. The van der Waals surface area contributed by atoms with Crippen molar-refractivity contribution in [3.05, 3.63) is 0 Å². The molecule has 1 aliphatic rings. The Kier molecular flexibility index (Phi) is 7.23. The molecule has 1 unspecified atom stereocenters. The van der Waals surface area contributed by atoms with Crippen molar-refractivity contribution >= 4 is 9.84 Å². The van der Waals surface area contributed by atoms with E-state index < -0.39 is 9.84 Å². The molecule has 4 heteroatoms. The first kappa shape index (κ1) is 16.0. The highest BCUT2D eigenvalue weighted by Crippen LogP contribution is 2.27. The molecule has 1 N–H and O–H groups in total. The van der Waals surface area contributed by atoms with E-state index in [-0.39, 0.29) is 0 Å². The van der Waals surface area contributed by atoms with Gasteiger partial charge in [0.25, 0.3) is 0 Å². The van der Waals surface area contributed by atoms with Crippen LogP contribution in [0.5, 0.6) is 0 Å². The van der Waals surface area contributed by atoms with Crippen LogP contribution in [0.1, 0.15) is 58.3 Å². The summed E-state index contributed by atoms with van der Waals surface area (Å²) < 4.78 is 22.4. The molecule has 0 aliphatic heterocycles. The minimum Gasteiger partial charge on any atom is -0.314 e. The third kappa shape index (κ3) is 6.74. The van der Waals surface area contributed by atoms with Crippen molar-refractivity contribution < 1.29 is 8.42 Å². The third-order valence-electron chi connectivity index (χ3n) is 3.97. The fourth-order valence-corrected chi connectivity index (χ4v) is 3.74. The highest BCUT2D eigenvalue weighted by Gasteiger charge is 2.21. The van der Waals surface area contributed by atoms with Gasteiger partial charge < -0.3 is 5.32 Å². The molecule has 0 heterocycles. The number of hydrogen-bond donors (Lipinski definition) is 1. The Morgan fingerprint density at radius 2 is 1.78 bits per heavy atom. The summed E-state index contributed by atoms with van der Waals surface area (Å²) in [7, 11) is -2.80. The summed E-state index contributed by atoms with van der Waals surface area (Å²) in [6.45, 7) is 3.13. The van der Waals surface area contributed by atoms with Crippen LogP contribution >= 0.6 is 0 Å². The molecular weight excluding hydrogens is 246 g/mol. The standard InChI is InChI=1S/C14H29NO2S/c1-3-15-14(11-8-12-18(2,16)17)13-9-6-4-5-7-10-13/h13-15H,3-12H2,1-2H3. The lowest BCUT2D eigenvalue weighted by molar-refractivity contribution is 0.307. The van der Waals surface area contributed by atoms with Crippen LogP contribution in [-0.2, 0) is 9.84 Å². The number of sulfone groups is 1. The van der Waals surface area contributed by atoms with Gasteiger partial charge in [-0.1, -0.05) is 32.6 Å². The van der Waals surface area contributed by atoms with Gasteiger partial charge >= 0.3 is 0 Å². The minimum absolute atomic E-state index is 0.335. The molecule has 0 aromatic rings. The van der Waals surface area contributed by atoms with Crippen LogP contribution in [0, 0.1) is 5.92 Å². The number of rotatable bonds is 7. The van der Waals surface area contributed by atoms with Crippen LogP contribution in [0.2, 0.25) is 0 Å². The van der Waals surface area contributed by atoms with E-state index in [2.05, 4.69) is 12.2 Å². The molecule has 18 heavy (non-hydrogen) atoms. The molecule has 1 fully saturated rings. The topological polar surface area (TPSA) is 46.2 Å². The van der Waals surface area contributed by atoms with Gasteiger partial charge in [0.05, 0.1) is 0 Å². The summed E-state index contributed by atoms with van der Waals surface area (Å²) in [4.78, 5) is 0. The highest BCUT2D eigenvalue weighted by atomic mass is 32.2. The van der Waals surface area contributed by atoms with Gasteiger partial charge in [-0.25, -0.2) is 8.42 Å². The lowest BCUT2D eigenvalue weighted by Gasteiger charge is -2.27. The van der Waals surface area contributed by atoms with E-state index in [0.29, 0.717) is 11.8 Å². The maximum absolute atomic E-state index is 11.2. The van der Waals surface area contributed by atoms with Gasteiger partial charge in [-0.2, -0.15) is 0 Å². The number of hydrogen-bond acceptors (Lipinski definition) is 3. The largest absolute Gasteiger partial charge is 0.314 e. The van der Waals surface area contributed by atoms with Crippen LogP contribution in [0.15, 0.2) is 0 Å². The van der Waals surface area contributed by atoms with Crippen LogP contribution in [0.4, 0.5) is 0 Å². The lowest BCUT2D eigenvalue weighted by atomic mass is 9.89. The monoisotopic (exact) mass is 275 g/mol. The van der Waals surface area contributed by atoms with Gasteiger partial charge in [-0.05, 0) is 38.1 Å². The Balaban J connectivity index is 2.42. The van der Waals surface area contributed by atoms with Gasteiger partial charge in [0.15, 0.2) is 0 Å². The predicted octanol–water partition coefficient (Wildman–Crippen LogP) is 2.76. The first-order valence-corrected chi connectivity index (χ1v) is 9.50. The fourth-order valence-electron chi connectivity index (χ4n) is 3.05. The Labute approximate surface area is 113 Å². The zero-order valence-electron chi connectivity index (χ0n) is 12.0. The summed E-state index contributed by atoms with van der Waals surface area (Å²) in [6, 6.07) is 0.523. The van der Waals surface area contributed by atoms with E-state index >= 15 is 0 Å². The Morgan fingerprint density at radius 3 is 2.28 bits per heavy atom. The third-order valence-corrected chi connectivity index (χ3v) is 5.00. The van der Waals surface area contributed by atoms with Crippen molar-refractivity contribution in [1.82, 2.24) is 5.32 Å². The number of nitrogens with one attached hydrogen (secondary N) is 1. The zero-order chi connectivity index (χ0) is 13.4. The fraction of sp³-hybridized carbons (Fsp3) is 1.00. The van der Waals surface area contributed by atoms with E-state index in [1.54, 1.807) is 0 Å². The van der Waals surface area contributed by atoms with E-state index in [1.165, 1.54) is 44.8 Å². The lowest BCUT2D eigenvalue weighted by Crippen LogP contribution is -2.36. The smallest absolute Gasteiger partial charge is 0.147 e. The minimum atomic E-state index is -2.80. The van der Waals surface area contributed by atoms with Gasteiger partial charge in [-0.3, -0.25) is 0 Å². The van der Waals surface area contributed by atoms with Crippen molar-refractivity contribution in [2.75, 3.05) is 18.6 Å². The van der Waals surface area contributed by atoms with Crippen LogP contribution in [0.25, 0.3) is 0 Å². The van der Waals surface area contributed by atoms with Crippen LogP contribution < -0.4 is 5.32 Å². The predicted molar refractivity (Wildman–Crippen MR) is 77.6 cm³/mol. The molecule has 3 nitrogen and oxygen atoms in total.